The van der Waals surface area contributed by atoms with Crippen LogP contribution in [0.25, 0.3) is 22.4 Å². The summed E-state index contributed by atoms with van der Waals surface area (Å²) in [7, 11) is 0. The minimum atomic E-state index is -0.430. The van der Waals surface area contributed by atoms with Gasteiger partial charge in [0.2, 0.25) is 0 Å². The minimum Gasteiger partial charge on any atom is -0.490 e. The van der Waals surface area contributed by atoms with Crippen LogP contribution in [-0.2, 0) is 6.61 Å². The molecule has 0 N–H and O–H groups in total. The van der Waals surface area contributed by atoms with E-state index in [9.17, 15) is 15.4 Å². The van der Waals surface area contributed by atoms with Gasteiger partial charge >= 0.3 is 0 Å². The van der Waals surface area contributed by atoms with Crippen LogP contribution in [0.2, 0.25) is 0 Å². The van der Waals surface area contributed by atoms with Gasteiger partial charge in [0.1, 0.15) is 6.61 Å². The molecule has 0 amide bonds. The van der Waals surface area contributed by atoms with E-state index in [1.807, 2.05) is 67.6 Å². The molecule has 0 unspecified atom stereocenters. The molecule has 35 heavy (non-hydrogen) atoms. The highest BCUT2D eigenvalue weighted by Crippen LogP contribution is 2.36. The SMILES string of the molecule is CCOc1cc(/C=C(/C#N)c2ccc3ccccc3c2)cc(I)c1OCc1ccc([N+](=O)[O-])cc1. The van der Waals surface area contributed by atoms with E-state index in [4.69, 9.17) is 9.47 Å². The van der Waals surface area contributed by atoms with Crippen LogP contribution >= 0.6 is 22.6 Å². The zero-order valence-electron chi connectivity index (χ0n) is 18.9. The number of nitro benzene ring substituents is 1. The fraction of sp³-hybridized carbons (Fsp3) is 0.107. The van der Waals surface area contributed by atoms with Crippen LogP contribution in [0.5, 0.6) is 11.5 Å². The zero-order chi connectivity index (χ0) is 24.8. The van der Waals surface area contributed by atoms with Crippen molar-refractivity contribution in [3.05, 3.63) is 109 Å². The Kier molecular flexibility index (Phi) is 7.63. The monoisotopic (exact) mass is 576 g/mol. The molecular formula is C28H21IN2O4. The van der Waals surface area contributed by atoms with Crippen molar-refractivity contribution >= 4 is 50.7 Å². The number of nitrogens with zero attached hydrogens (tertiary/aromatic N) is 2. The number of halogens is 1. The van der Waals surface area contributed by atoms with Gasteiger partial charge in [0.25, 0.3) is 5.69 Å². The smallest absolute Gasteiger partial charge is 0.269 e. The number of nitro groups is 1. The molecule has 0 aliphatic carbocycles. The maximum Gasteiger partial charge on any atom is 0.269 e. The highest BCUT2D eigenvalue weighted by atomic mass is 127. The molecule has 7 heteroatoms. The molecular weight excluding hydrogens is 555 g/mol. The van der Waals surface area contributed by atoms with Crippen molar-refractivity contribution in [2.24, 2.45) is 0 Å². The summed E-state index contributed by atoms with van der Waals surface area (Å²) in [5, 5.41) is 22.9. The van der Waals surface area contributed by atoms with Crippen molar-refractivity contribution in [3.63, 3.8) is 0 Å². The van der Waals surface area contributed by atoms with Crippen LogP contribution < -0.4 is 9.47 Å². The molecule has 0 aliphatic heterocycles. The van der Waals surface area contributed by atoms with Gasteiger partial charge in [0, 0.05) is 12.1 Å². The molecule has 0 bridgehead atoms. The number of rotatable bonds is 8. The number of hydrogen-bond acceptors (Lipinski definition) is 5. The number of hydrogen-bond donors (Lipinski definition) is 0. The Morgan fingerprint density at radius 3 is 2.46 bits per heavy atom. The van der Waals surface area contributed by atoms with Crippen LogP contribution in [-0.4, -0.2) is 11.5 Å². The summed E-state index contributed by atoms with van der Waals surface area (Å²) < 4.78 is 12.7. The second kappa shape index (κ2) is 11.0. The highest BCUT2D eigenvalue weighted by Gasteiger charge is 2.14. The number of ether oxygens (including phenoxy) is 2. The number of fused-ring (bicyclic) bond motifs is 1. The second-order valence-corrected chi connectivity index (χ2v) is 8.87. The molecule has 174 valence electrons. The molecule has 0 saturated carbocycles. The molecule has 0 spiro atoms. The molecule has 0 saturated heterocycles. The van der Waals surface area contributed by atoms with Gasteiger partial charge in [-0.2, -0.15) is 5.26 Å². The van der Waals surface area contributed by atoms with Crippen molar-refractivity contribution in [1.29, 1.82) is 5.26 Å². The van der Waals surface area contributed by atoms with E-state index in [1.165, 1.54) is 12.1 Å². The van der Waals surface area contributed by atoms with E-state index in [2.05, 4.69) is 28.7 Å². The Labute approximate surface area is 216 Å². The third-order valence-corrected chi connectivity index (χ3v) is 6.16. The van der Waals surface area contributed by atoms with Crippen molar-refractivity contribution in [3.8, 4) is 17.6 Å². The first-order chi connectivity index (χ1) is 17.0. The van der Waals surface area contributed by atoms with E-state index in [0.717, 1.165) is 31.0 Å². The third kappa shape index (κ3) is 5.78. The summed E-state index contributed by atoms with van der Waals surface area (Å²) in [6.07, 6.45) is 1.84. The summed E-state index contributed by atoms with van der Waals surface area (Å²) in [6, 6.07) is 26.4. The van der Waals surface area contributed by atoms with Gasteiger partial charge in [-0.05, 0) is 93.4 Å². The van der Waals surface area contributed by atoms with E-state index in [-0.39, 0.29) is 12.3 Å². The van der Waals surface area contributed by atoms with Crippen LogP contribution in [0.3, 0.4) is 0 Å². The summed E-state index contributed by atoms with van der Waals surface area (Å²) in [5.41, 5.74) is 3.06. The van der Waals surface area contributed by atoms with Gasteiger partial charge in [-0.25, -0.2) is 0 Å². The summed E-state index contributed by atoms with van der Waals surface area (Å²) in [5.74, 6) is 1.16. The molecule has 0 heterocycles. The van der Waals surface area contributed by atoms with E-state index < -0.39 is 4.92 Å². The lowest BCUT2D eigenvalue weighted by molar-refractivity contribution is -0.384. The third-order valence-electron chi connectivity index (χ3n) is 5.35. The molecule has 0 aliphatic rings. The largest absolute Gasteiger partial charge is 0.490 e. The minimum absolute atomic E-state index is 0.0363. The summed E-state index contributed by atoms with van der Waals surface area (Å²) in [4.78, 5) is 10.4. The molecule has 0 radical (unpaired) electrons. The van der Waals surface area contributed by atoms with Crippen LogP contribution in [0, 0.1) is 25.0 Å². The Hall–Kier alpha value is -3.90. The lowest BCUT2D eigenvalue weighted by Gasteiger charge is -2.15. The van der Waals surface area contributed by atoms with Gasteiger partial charge in [0.05, 0.1) is 26.7 Å². The second-order valence-electron chi connectivity index (χ2n) is 7.71. The van der Waals surface area contributed by atoms with E-state index in [0.29, 0.717) is 23.7 Å². The van der Waals surface area contributed by atoms with Gasteiger partial charge < -0.3 is 9.47 Å². The Morgan fingerprint density at radius 1 is 1.03 bits per heavy atom. The molecule has 0 fully saturated rings. The van der Waals surface area contributed by atoms with Gasteiger partial charge in [0.15, 0.2) is 11.5 Å². The van der Waals surface area contributed by atoms with E-state index >= 15 is 0 Å². The first kappa shape index (κ1) is 24.2. The maximum absolute atomic E-state index is 10.9. The van der Waals surface area contributed by atoms with Crippen molar-refractivity contribution in [1.82, 2.24) is 0 Å². The molecule has 4 aromatic rings. The van der Waals surface area contributed by atoms with Gasteiger partial charge in [-0.15, -0.1) is 0 Å². The fourth-order valence-corrected chi connectivity index (χ4v) is 4.43. The molecule has 0 aromatic heterocycles. The standard InChI is InChI=1S/C28H21IN2O4/c1-2-34-27-15-20(13-24(17-30)23-10-9-21-5-3-4-6-22(21)16-23)14-26(29)28(27)35-18-19-7-11-25(12-8-19)31(32)33/h3-16H,2,18H2,1H3/b24-13-. The molecule has 6 nitrogen and oxygen atoms in total. The van der Waals surface area contributed by atoms with Crippen LogP contribution in [0.15, 0.2) is 78.9 Å². The quantitative estimate of drug-likeness (QED) is 0.0718. The average Bonchev–Trinajstić information content (AvgIpc) is 2.87. The molecule has 4 aromatic carbocycles. The number of non-ortho nitro benzene ring substituents is 1. The Bertz CT molecular complexity index is 1460. The van der Waals surface area contributed by atoms with Gasteiger partial charge in [-0.3, -0.25) is 10.1 Å². The zero-order valence-corrected chi connectivity index (χ0v) is 21.1. The lowest BCUT2D eigenvalue weighted by atomic mass is 10.00. The summed E-state index contributed by atoms with van der Waals surface area (Å²) in [6.45, 7) is 2.59. The number of benzene rings is 4. The van der Waals surface area contributed by atoms with Crippen LogP contribution in [0.1, 0.15) is 23.6 Å². The average molecular weight is 576 g/mol. The summed E-state index contributed by atoms with van der Waals surface area (Å²) >= 11 is 2.19. The highest BCUT2D eigenvalue weighted by molar-refractivity contribution is 14.1. The van der Waals surface area contributed by atoms with Crippen molar-refractivity contribution in [2.45, 2.75) is 13.5 Å². The maximum atomic E-state index is 10.9. The van der Waals surface area contributed by atoms with E-state index in [1.54, 1.807) is 12.1 Å². The molecule has 0 atom stereocenters. The molecule has 4 rings (SSSR count). The number of allylic oxidation sites excluding steroid dienone is 1. The van der Waals surface area contributed by atoms with Crippen molar-refractivity contribution in [2.75, 3.05) is 6.61 Å². The first-order valence-corrected chi connectivity index (χ1v) is 12.0. The number of nitriles is 1. The topological polar surface area (TPSA) is 85.4 Å². The Morgan fingerprint density at radius 2 is 1.77 bits per heavy atom. The first-order valence-electron chi connectivity index (χ1n) is 10.9. The Balaban J connectivity index is 1.62. The van der Waals surface area contributed by atoms with Crippen molar-refractivity contribution < 1.29 is 14.4 Å². The predicted molar refractivity (Wildman–Crippen MR) is 145 cm³/mol. The predicted octanol–water partition coefficient (Wildman–Crippen LogP) is 7.39. The van der Waals surface area contributed by atoms with Crippen LogP contribution in [0.4, 0.5) is 5.69 Å². The van der Waals surface area contributed by atoms with Gasteiger partial charge in [-0.1, -0.05) is 36.4 Å². The fourth-order valence-electron chi connectivity index (χ4n) is 3.65. The normalized spacial score (nSPS) is 11.2. The lowest BCUT2D eigenvalue weighted by Crippen LogP contribution is -2.02.